The molecule has 0 bridgehead atoms. The van der Waals surface area contributed by atoms with Crippen molar-refractivity contribution in [3.63, 3.8) is 0 Å². The molecule has 8 nitrogen and oxygen atoms in total. The number of ether oxygens (including phenoxy) is 2. The van der Waals surface area contributed by atoms with Crippen LogP contribution in [0.2, 0.25) is 0 Å². The number of carbonyl (C=O) groups excluding carboxylic acids is 1. The molecule has 3 aromatic rings. The van der Waals surface area contributed by atoms with Crippen LogP contribution in [0.1, 0.15) is 27.2 Å². The van der Waals surface area contributed by atoms with Gasteiger partial charge < -0.3 is 9.47 Å². The third-order valence-corrected chi connectivity index (χ3v) is 4.33. The number of imidazole rings is 1. The van der Waals surface area contributed by atoms with Gasteiger partial charge in [0.1, 0.15) is 11.4 Å². The Hall–Kier alpha value is -3.42. The van der Waals surface area contributed by atoms with Crippen LogP contribution in [0.3, 0.4) is 0 Å². The van der Waals surface area contributed by atoms with E-state index in [4.69, 9.17) is 9.47 Å². The van der Waals surface area contributed by atoms with Gasteiger partial charge in [0.05, 0.1) is 22.9 Å². The molecule has 0 fully saturated rings. The second-order valence-electron chi connectivity index (χ2n) is 6.48. The van der Waals surface area contributed by atoms with Crippen LogP contribution in [0.5, 0.6) is 5.75 Å². The van der Waals surface area contributed by atoms with Gasteiger partial charge in [-0.05, 0) is 50.6 Å². The highest BCUT2D eigenvalue weighted by Gasteiger charge is 2.18. The van der Waals surface area contributed by atoms with Crippen molar-refractivity contribution in [3.8, 4) is 17.0 Å². The average molecular weight is 383 g/mol. The summed E-state index contributed by atoms with van der Waals surface area (Å²) >= 11 is 0. The molecule has 3 rings (SSSR count). The molecular weight excluding hydrogens is 362 g/mol. The summed E-state index contributed by atoms with van der Waals surface area (Å²) in [5.74, 6) is 0.136. The Morgan fingerprint density at radius 1 is 1.18 bits per heavy atom. The number of hydrogen-bond donors (Lipinski definition) is 0. The summed E-state index contributed by atoms with van der Waals surface area (Å²) in [5, 5.41) is 10.9. The number of rotatable bonds is 7. The quantitative estimate of drug-likeness (QED) is 0.347. The summed E-state index contributed by atoms with van der Waals surface area (Å²) in [6.45, 7) is 5.43. The van der Waals surface area contributed by atoms with Crippen molar-refractivity contribution >= 4 is 17.3 Å². The SMILES string of the molecule is CCC(C)OC(=O)C(C)Oc1ccc(-c2cn3cc([N+](=O)[O-])ccc3n2)cc1. The van der Waals surface area contributed by atoms with Crippen molar-refractivity contribution in [3.05, 3.63) is 58.9 Å². The molecule has 1 aromatic carbocycles. The molecule has 2 atom stereocenters. The van der Waals surface area contributed by atoms with E-state index in [0.717, 1.165) is 12.0 Å². The number of nitro groups is 1. The van der Waals surface area contributed by atoms with E-state index in [1.165, 1.54) is 12.3 Å². The van der Waals surface area contributed by atoms with E-state index in [1.807, 2.05) is 26.0 Å². The maximum Gasteiger partial charge on any atom is 0.347 e. The molecule has 2 aromatic heterocycles. The van der Waals surface area contributed by atoms with E-state index < -0.39 is 17.0 Å². The molecule has 146 valence electrons. The van der Waals surface area contributed by atoms with E-state index in [-0.39, 0.29) is 11.8 Å². The number of pyridine rings is 1. The van der Waals surface area contributed by atoms with Gasteiger partial charge in [0.15, 0.2) is 6.10 Å². The van der Waals surface area contributed by atoms with Crippen molar-refractivity contribution in [1.82, 2.24) is 9.38 Å². The molecule has 0 N–H and O–H groups in total. The summed E-state index contributed by atoms with van der Waals surface area (Å²) in [5.41, 5.74) is 2.12. The smallest absolute Gasteiger partial charge is 0.347 e. The number of fused-ring (bicyclic) bond motifs is 1. The van der Waals surface area contributed by atoms with E-state index in [0.29, 0.717) is 17.1 Å². The van der Waals surface area contributed by atoms with Crippen LogP contribution in [0.15, 0.2) is 48.8 Å². The first kappa shape index (κ1) is 19.3. The van der Waals surface area contributed by atoms with Crippen LogP contribution < -0.4 is 4.74 Å². The predicted molar refractivity (Wildman–Crippen MR) is 103 cm³/mol. The molecule has 8 heteroatoms. The highest BCUT2D eigenvalue weighted by atomic mass is 16.6. The Labute approximate surface area is 161 Å². The van der Waals surface area contributed by atoms with Crippen molar-refractivity contribution in [2.24, 2.45) is 0 Å². The normalized spacial score (nSPS) is 13.1. The van der Waals surface area contributed by atoms with E-state index >= 15 is 0 Å². The molecule has 2 unspecified atom stereocenters. The van der Waals surface area contributed by atoms with Gasteiger partial charge in [0.2, 0.25) is 0 Å². The Bertz CT molecular complexity index is 997. The fourth-order valence-electron chi connectivity index (χ4n) is 2.56. The lowest BCUT2D eigenvalue weighted by atomic mass is 10.1. The molecule has 28 heavy (non-hydrogen) atoms. The highest BCUT2D eigenvalue weighted by Crippen LogP contribution is 2.24. The number of hydrogen-bond acceptors (Lipinski definition) is 6. The molecule has 0 radical (unpaired) electrons. The van der Waals surface area contributed by atoms with Crippen LogP contribution in [0, 0.1) is 10.1 Å². The minimum absolute atomic E-state index is 0.00142. The summed E-state index contributed by atoms with van der Waals surface area (Å²) in [7, 11) is 0. The fraction of sp³-hybridized carbons (Fsp3) is 0.300. The minimum atomic E-state index is -0.712. The third kappa shape index (κ3) is 4.28. The Kier molecular flexibility index (Phi) is 5.58. The zero-order valence-electron chi connectivity index (χ0n) is 15.9. The molecule has 0 saturated heterocycles. The number of esters is 1. The Balaban J connectivity index is 1.73. The second-order valence-corrected chi connectivity index (χ2v) is 6.48. The molecule has 0 aliphatic heterocycles. The standard InChI is InChI=1S/C20H21N3O5/c1-4-13(2)27-20(24)14(3)28-17-8-5-15(6-9-17)18-12-22-11-16(23(25)26)7-10-19(22)21-18/h5-14H,4H2,1-3H3. The second kappa shape index (κ2) is 8.08. The van der Waals surface area contributed by atoms with Gasteiger partial charge >= 0.3 is 5.97 Å². The number of nitrogens with zero attached hydrogens (tertiary/aromatic N) is 3. The van der Waals surface area contributed by atoms with Gasteiger partial charge in [-0.25, -0.2) is 9.78 Å². The first-order valence-electron chi connectivity index (χ1n) is 8.98. The topological polar surface area (TPSA) is 96.0 Å². The summed E-state index contributed by atoms with van der Waals surface area (Å²) in [4.78, 5) is 26.9. The molecule has 0 spiro atoms. The first-order valence-corrected chi connectivity index (χ1v) is 8.98. The van der Waals surface area contributed by atoms with Gasteiger partial charge in [-0.1, -0.05) is 6.92 Å². The van der Waals surface area contributed by atoms with Gasteiger partial charge in [0, 0.05) is 17.8 Å². The molecular formula is C20H21N3O5. The van der Waals surface area contributed by atoms with Crippen LogP contribution >= 0.6 is 0 Å². The Morgan fingerprint density at radius 3 is 2.54 bits per heavy atom. The minimum Gasteiger partial charge on any atom is -0.479 e. The van der Waals surface area contributed by atoms with Crippen molar-refractivity contribution in [1.29, 1.82) is 0 Å². The highest BCUT2D eigenvalue weighted by molar-refractivity contribution is 5.75. The molecule has 0 amide bonds. The van der Waals surface area contributed by atoms with Crippen molar-refractivity contribution < 1.29 is 19.2 Å². The van der Waals surface area contributed by atoms with Gasteiger partial charge in [0.25, 0.3) is 5.69 Å². The Morgan fingerprint density at radius 2 is 1.89 bits per heavy atom. The molecule has 0 saturated carbocycles. The lowest BCUT2D eigenvalue weighted by molar-refractivity contribution is -0.385. The van der Waals surface area contributed by atoms with Crippen LogP contribution in [0.4, 0.5) is 5.69 Å². The van der Waals surface area contributed by atoms with Crippen LogP contribution in [-0.2, 0) is 9.53 Å². The van der Waals surface area contributed by atoms with Crippen LogP contribution in [0.25, 0.3) is 16.9 Å². The summed E-state index contributed by atoms with van der Waals surface area (Å²) in [6, 6.07) is 10.1. The number of benzene rings is 1. The summed E-state index contributed by atoms with van der Waals surface area (Å²) in [6.07, 6.45) is 3.04. The zero-order valence-corrected chi connectivity index (χ0v) is 15.9. The van der Waals surface area contributed by atoms with Crippen molar-refractivity contribution in [2.45, 2.75) is 39.4 Å². The van der Waals surface area contributed by atoms with Gasteiger partial charge in [-0.2, -0.15) is 0 Å². The zero-order chi connectivity index (χ0) is 20.3. The largest absolute Gasteiger partial charge is 0.479 e. The maximum absolute atomic E-state index is 12.0. The van der Waals surface area contributed by atoms with Gasteiger partial charge in [-0.15, -0.1) is 0 Å². The fourth-order valence-corrected chi connectivity index (χ4v) is 2.56. The monoisotopic (exact) mass is 383 g/mol. The molecule has 0 aliphatic rings. The van der Waals surface area contributed by atoms with Crippen molar-refractivity contribution in [2.75, 3.05) is 0 Å². The molecule has 0 aliphatic carbocycles. The first-order chi connectivity index (χ1) is 13.4. The third-order valence-electron chi connectivity index (χ3n) is 4.33. The maximum atomic E-state index is 12.0. The molecule has 2 heterocycles. The van der Waals surface area contributed by atoms with E-state index in [9.17, 15) is 14.9 Å². The summed E-state index contributed by atoms with van der Waals surface area (Å²) < 4.78 is 12.5. The van der Waals surface area contributed by atoms with E-state index in [1.54, 1.807) is 35.7 Å². The van der Waals surface area contributed by atoms with Gasteiger partial charge in [-0.3, -0.25) is 14.5 Å². The lowest BCUT2D eigenvalue weighted by Gasteiger charge is -2.17. The average Bonchev–Trinajstić information content (AvgIpc) is 3.11. The van der Waals surface area contributed by atoms with Crippen LogP contribution in [-0.4, -0.2) is 32.5 Å². The van der Waals surface area contributed by atoms with E-state index in [2.05, 4.69) is 4.98 Å². The number of carbonyl (C=O) groups is 1. The predicted octanol–water partition coefficient (Wildman–Crippen LogP) is 4.02. The number of aromatic nitrogens is 2. The lowest BCUT2D eigenvalue weighted by Crippen LogP contribution is -2.29.